The summed E-state index contributed by atoms with van der Waals surface area (Å²) in [5.74, 6) is -0.605. The van der Waals surface area contributed by atoms with Gasteiger partial charge in [-0.1, -0.05) is 36.4 Å². The third kappa shape index (κ3) is 4.63. The molecule has 2 aliphatic rings. The number of nitrogens with zero attached hydrogens (tertiary/aromatic N) is 3. The van der Waals surface area contributed by atoms with Crippen LogP contribution in [-0.4, -0.2) is 52.8 Å². The van der Waals surface area contributed by atoms with Crippen LogP contribution in [0.25, 0.3) is 0 Å². The van der Waals surface area contributed by atoms with Crippen LogP contribution >= 0.6 is 0 Å². The summed E-state index contributed by atoms with van der Waals surface area (Å²) in [4.78, 5) is 47.8. The summed E-state index contributed by atoms with van der Waals surface area (Å²) >= 11 is 0. The number of benzene rings is 2. The minimum atomic E-state index is -0.502. The topological polar surface area (TPSA) is 126 Å². The van der Waals surface area contributed by atoms with Gasteiger partial charge in [-0.05, 0) is 23.3 Å². The molecule has 0 saturated carbocycles. The van der Waals surface area contributed by atoms with E-state index < -0.39 is 5.92 Å². The molecule has 1 atom stereocenters. The van der Waals surface area contributed by atoms with E-state index in [1.54, 1.807) is 24.1 Å². The monoisotopic (exact) mass is 472 g/mol. The van der Waals surface area contributed by atoms with Gasteiger partial charge in [0.2, 0.25) is 5.91 Å². The molecule has 178 valence electrons. The lowest BCUT2D eigenvalue weighted by molar-refractivity contribution is -0.131. The van der Waals surface area contributed by atoms with Gasteiger partial charge in [-0.15, -0.1) is 0 Å². The van der Waals surface area contributed by atoms with Crippen molar-refractivity contribution in [2.75, 3.05) is 30.8 Å². The number of anilines is 2. The first-order chi connectivity index (χ1) is 17.0. The van der Waals surface area contributed by atoms with Crippen molar-refractivity contribution >= 4 is 29.1 Å². The molecule has 0 fully saturated rings. The Morgan fingerprint density at radius 3 is 2.80 bits per heavy atom. The molecule has 35 heavy (non-hydrogen) atoms. The highest BCUT2D eigenvalue weighted by atomic mass is 16.5. The van der Waals surface area contributed by atoms with Gasteiger partial charge < -0.3 is 25.6 Å². The van der Waals surface area contributed by atoms with Crippen LogP contribution in [-0.2, 0) is 22.7 Å². The van der Waals surface area contributed by atoms with Crippen molar-refractivity contribution in [3.8, 4) is 5.75 Å². The molecule has 5 rings (SSSR count). The van der Waals surface area contributed by atoms with Crippen LogP contribution in [0.5, 0.6) is 5.75 Å². The van der Waals surface area contributed by atoms with Gasteiger partial charge in [-0.25, -0.2) is 9.97 Å². The van der Waals surface area contributed by atoms with Crippen LogP contribution in [0.15, 0.2) is 54.9 Å². The minimum absolute atomic E-state index is 0.0134. The Morgan fingerprint density at radius 1 is 1.14 bits per heavy atom. The number of aromatic nitrogens is 2. The number of hydrogen-bond acceptors (Lipinski definition) is 7. The predicted molar refractivity (Wildman–Crippen MR) is 128 cm³/mol. The predicted octanol–water partition coefficient (Wildman–Crippen LogP) is 1.91. The van der Waals surface area contributed by atoms with E-state index >= 15 is 0 Å². The fourth-order valence-corrected chi connectivity index (χ4v) is 4.22. The molecule has 0 radical (unpaired) electrons. The first-order valence-electron chi connectivity index (χ1n) is 11.2. The van der Waals surface area contributed by atoms with Gasteiger partial charge in [0, 0.05) is 26.7 Å². The summed E-state index contributed by atoms with van der Waals surface area (Å²) < 4.78 is 5.36. The Morgan fingerprint density at radius 2 is 1.97 bits per heavy atom. The maximum Gasteiger partial charge on any atom is 0.272 e. The van der Waals surface area contributed by atoms with E-state index in [0.29, 0.717) is 35.9 Å². The number of likely N-dealkylation sites (N-methyl/N-ethyl adjacent to an activating group) is 1. The molecule has 0 bridgehead atoms. The number of carbonyl (C=O) groups excluding carboxylic acids is 3. The van der Waals surface area contributed by atoms with E-state index in [9.17, 15) is 14.4 Å². The molecule has 2 aliphatic heterocycles. The highest BCUT2D eigenvalue weighted by molar-refractivity contribution is 6.00. The third-order valence-electron chi connectivity index (χ3n) is 5.97. The zero-order valence-electron chi connectivity index (χ0n) is 19.1. The number of amides is 3. The lowest BCUT2D eigenvalue weighted by atomic mass is 10.0. The highest BCUT2D eigenvalue weighted by Crippen LogP contribution is 2.33. The zero-order chi connectivity index (χ0) is 24.4. The Kier molecular flexibility index (Phi) is 6.01. The summed E-state index contributed by atoms with van der Waals surface area (Å²) in [6.07, 6.45) is 1.31. The van der Waals surface area contributed by atoms with Gasteiger partial charge in [0.1, 0.15) is 12.1 Å². The quantitative estimate of drug-likeness (QED) is 0.500. The molecule has 0 spiro atoms. The smallest absolute Gasteiger partial charge is 0.272 e. The fourth-order valence-electron chi connectivity index (χ4n) is 4.22. The van der Waals surface area contributed by atoms with Gasteiger partial charge in [-0.3, -0.25) is 14.4 Å². The molecule has 1 unspecified atom stereocenters. The average molecular weight is 473 g/mol. The molecule has 3 heterocycles. The summed E-state index contributed by atoms with van der Waals surface area (Å²) in [5, 5.41) is 8.74. The molecule has 2 aromatic carbocycles. The normalized spacial score (nSPS) is 15.7. The minimum Gasteiger partial charge on any atom is -0.482 e. The molecule has 0 saturated heterocycles. The molecule has 10 heteroatoms. The number of nitrogens with one attached hydrogen (secondary N) is 3. The van der Waals surface area contributed by atoms with Crippen LogP contribution in [0, 0.1) is 0 Å². The first-order valence-corrected chi connectivity index (χ1v) is 11.2. The van der Waals surface area contributed by atoms with Crippen molar-refractivity contribution in [3.63, 3.8) is 0 Å². The Labute approximate surface area is 201 Å². The Hall–Kier alpha value is -4.47. The van der Waals surface area contributed by atoms with Gasteiger partial charge in [0.05, 0.1) is 23.0 Å². The van der Waals surface area contributed by atoms with E-state index in [-0.39, 0.29) is 36.6 Å². The maximum absolute atomic E-state index is 13.1. The Balaban J connectivity index is 1.27. The average Bonchev–Trinajstić information content (AvgIpc) is 3.31. The Bertz CT molecular complexity index is 1300. The number of carbonyl (C=O) groups is 3. The second-order valence-corrected chi connectivity index (χ2v) is 8.45. The summed E-state index contributed by atoms with van der Waals surface area (Å²) in [5.41, 5.74) is 3.57. The van der Waals surface area contributed by atoms with Gasteiger partial charge in [0.15, 0.2) is 12.3 Å². The zero-order valence-corrected chi connectivity index (χ0v) is 19.1. The molecule has 3 aromatic rings. The highest BCUT2D eigenvalue weighted by Gasteiger charge is 2.35. The van der Waals surface area contributed by atoms with E-state index in [0.717, 1.165) is 11.1 Å². The molecular formula is C25H24N6O4. The van der Waals surface area contributed by atoms with Crippen LogP contribution in [0.3, 0.4) is 0 Å². The van der Waals surface area contributed by atoms with Crippen molar-refractivity contribution < 1.29 is 19.1 Å². The molecule has 0 aliphatic carbocycles. The van der Waals surface area contributed by atoms with Crippen LogP contribution in [0.1, 0.15) is 33.2 Å². The van der Waals surface area contributed by atoms with Gasteiger partial charge >= 0.3 is 0 Å². The number of hydrogen-bond donors (Lipinski definition) is 3. The molecule has 3 amide bonds. The number of ether oxygens (including phenoxy) is 1. The lowest BCUT2D eigenvalue weighted by Crippen LogP contribution is -2.32. The number of rotatable bonds is 6. The van der Waals surface area contributed by atoms with Crippen molar-refractivity contribution in [2.45, 2.75) is 19.0 Å². The molecule has 3 N–H and O–H groups in total. The summed E-state index contributed by atoms with van der Waals surface area (Å²) in [6, 6.07) is 15.1. The van der Waals surface area contributed by atoms with Crippen LogP contribution in [0.4, 0.5) is 11.4 Å². The second kappa shape index (κ2) is 9.41. The summed E-state index contributed by atoms with van der Waals surface area (Å²) in [6.45, 7) is 1.04. The van der Waals surface area contributed by atoms with Crippen molar-refractivity contribution in [2.24, 2.45) is 0 Å². The standard InChI is InChI=1S/C25H24N6O4/c1-31(12-15-5-3-2-4-6-15)25(34)17-11-26-22-21(17)28-14-29-23(22)24(33)27-10-16-7-8-19-18(9-16)30-20(32)13-35-19/h2-9,14,17,26H,10-13H2,1H3,(H,27,33)(H,30,32). The van der Waals surface area contributed by atoms with E-state index in [1.807, 2.05) is 36.4 Å². The molecular weight excluding hydrogens is 448 g/mol. The lowest BCUT2D eigenvalue weighted by Gasteiger charge is -2.20. The maximum atomic E-state index is 13.1. The van der Waals surface area contributed by atoms with Gasteiger partial charge in [-0.2, -0.15) is 0 Å². The van der Waals surface area contributed by atoms with Gasteiger partial charge in [0.25, 0.3) is 11.8 Å². The SMILES string of the molecule is CN(Cc1ccccc1)C(=O)C1CNc2c(C(=O)NCc3ccc4c(c3)NC(=O)CO4)ncnc21. The van der Waals surface area contributed by atoms with Crippen molar-refractivity contribution in [1.82, 2.24) is 20.2 Å². The third-order valence-corrected chi connectivity index (χ3v) is 5.97. The van der Waals surface area contributed by atoms with E-state index in [2.05, 4.69) is 25.9 Å². The molecule has 10 nitrogen and oxygen atoms in total. The molecule has 1 aromatic heterocycles. The number of fused-ring (bicyclic) bond motifs is 2. The summed E-state index contributed by atoms with van der Waals surface area (Å²) in [7, 11) is 1.76. The second-order valence-electron chi connectivity index (χ2n) is 8.45. The van der Waals surface area contributed by atoms with Crippen LogP contribution < -0.4 is 20.7 Å². The van der Waals surface area contributed by atoms with Crippen molar-refractivity contribution in [1.29, 1.82) is 0 Å². The van der Waals surface area contributed by atoms with E-state index in [1.165, 1.54) is 6.33 Å². The van der Waals surface area contributed by atoms with Crippen LogP contribution in [0.2, 0.25) is 0 Å². The fraction of sp³-hybridized carbons (Fsp3) is 0.240. The first kappa shape index (κ1) is 22.3. The van der Waals surface area contributed by atoms with E-state index in [4.69, 9.17) is 4.74 Å². The largest absolute Gasteiger partial charge is 0.482 e. The van der Waals surface area contributed by atoms with Crippen molar-refractivity contribution in [3.05, 3.63) is 77.4 Å².